The molecule has 1 N–H and O–H groups in total. The molecular weight excluding hydrogens is 334 g/mol. The maximum absolute atomic E-state index is 6.29. The average Bonchev–Trinajstić information content (AvgIpc) is 3.10. The van der Waals surface area contributed by atoms with Crippen molar-refractivity contribution in [3.8, 4) is 16.9 Å². The summed E-state index contributed by atoms with van der Waals surface area (Å²) in [5.74, 6) is 0.739. The first-order valence-corrected chi connectivity index (χ1v) is 8.80. The highest BCUT2D eigenvalue weighted by atomic mass is 35.5. The topological polar surface area (TPSA) is 41.1 Å². The van der Waals surface area contributed by atoms with Crippen molar-refractivity contribution in [3.63, 3.8) is 0 Å². The van der Waals surface area contributed by atoms with Gasteiger partial charge in [-0.3, -0.25) is 5.10 Å². The van der Waals surface area contributed by atoms with E-state index in [9.17, 15) is 0 Å². The van der Waals surface area contributed by atoms with Crippen molar-refractivity contribution < 1.29 is 4.74 Å². The molecule has 1 aliphatic rings. The Morgan fingerprint density at radius 2 is 2.08 bits per heavy atom. The van der Waals surface area contributed by atoms with E-state index in [2.05, 4.69) is 40.3 Å². The molecule has 0 spiro atoms. The summed E-state index contributed by atoms with van der Waals surface area (Å²) >= 11 is 6.29. The predicted molar refractivity (Wildman–Crippen MR) is 99.8 cm³/mol. The monoisotopic (exact) mass is 353 g/mol. The molecular formula is C20H20ClN3O. The molecule has 0 radical (unpaired) electrons. The Hall–Kier alpha value is -2.30. The number of benzene rings is 2. The standard InChI is InChI=1S/C20H20ClN3O/c1-24-9-8-19(25-20-5-3-2-4-18(20)21)17-7-6-14(10-15(17)13-24)16-11-22-23-12-16/h2-7,10-12,19H,8-9,13H2,1H3,(H,22,23). The third-order valence-corrected chi connectivity index (χ3v) is 4.95. The summed E-state index contributed by atoms with van der Waals surface area (Å²) in [6, 6.07) is 14.2. The molecule has 1 atom stereocenters. The van der Waals surface area contributed by atoms with Gasteiger partial charge >= 0.3 is 0 Å². The molecule has 3 aromatic rings. The minimum atomic E-state index is -0.00162. The maximum Gasteiger partial charge on any atom is 0.138 e. The molecule has 0 aliphatic carbocycles. The molecule has 1 unspecified atom stereocenters. The number of aromatic nitrogens is 2. The van der Waals surface area contributed by atoms with E-state index in [1.54, 1.807) is 0 Å². The van der Waals surface area contributed by atoms with Crippen LogP contribution in [0.25, 0.3) is 11.1 Å². The van der Waals surface area contributed by atoms with Crippen molar-refractivity contribution in [2.75, 3.05) is 13.6 Å². The lowest BCUT2D eigenvalue weighted by molar-refractivity contribution is 0.183. The van der Waals surface area contributed by atoms with E-state index in [-0.39, 0.29) is 6.10 Å². The van der Waals surface area contributed by atoms with Crippen molar-refractivity contribution in [1.29, 1.82) is 0 Å². The van der Waals surface area contributed by atoms with Gasteiger partial charge in [0.25, 0.3) is 0 Å². The van der Waals surface area contributed by atoms with Crippen LogP contribution in [0.5, 0.6) is 5.75 Å². The zero-order chi connectivity index (χ0) is 17.2. The second-order valence-corrected chi connectivity index (χ2v) is 6.87. The average molecular weight is 354 g/mol. The van der Waals surface area contributed by atoms with Crippen molar-refractivity contribution in [3.05, 3.63) is 71.0 Å². The zero-order valence-electron chi connectivity index (χ0n) is 14.1. The van der Waals surface area contributed by atoms with Crippen LogP contribution in [0.4, 0.5) is 0 Å². The SMILES string of the molecule is CN1CCC(Oc2ccccc2Cl)c2ccc(-c3cn[nH]c3)cc2C1. The van der Waals surface area contributed by atoms with Crippen LogP contribution in [0.15, 0.2) is 54.9 Å². The van der Waals surface area contributed by atoms with Gasteiger partial charge in [0.2, 0.25) is 0 Å². The summed E-state index contributed by atoms with van der Waals surface area (Å²) in [5, 5.41) is 7.58. The third kappa shape index (κ3) is 3.41. The number of hydrogen-bond donors (Lipinski definition) is 1. The number of para-hydroxylation sites is 1. The van der Waals surface area contributed by atoms with Crippen LogP contribution in [-0.2, 0) is 6.54 Å². The number of rotatable bonds is 3. The lowest BCUT2D eigenvalue weighted by atomic mass is 9.97. The van der Waals surface area contributed by atoms with E-state index in [0.717, 1.165) is 30.8 Å². The first-order valence-electron chi connectivity index (χ1n) is 8.42. The van der Waals surface area contributed by atoms with Gasteiger partial charge in [0.15, 0.2) is 0 Å². The van der Waals surface area contributed by atoms with E-state index >= 15 is 0 Å². The van der Waals surface area contributed by atoms with Crippen LogP contribution in [0.3, 0.4) is 0 Å². The van der Waals surface area contributed by atoms with Crippen molar-refractivity contribution in [1.82, 2.24) is 15.1 Å². The van der Waals surface area contributed by atoms with Gasteiger partial charge in [-0.1, -0.05) is 35.9 Å². The van der Waals surface area contributed by atoms with E-state index in [4.69, 9.17) is 16.3 Å². The van der Waals surface area contributed by atoms with E-state index in [1.165, 1.54) is 16.7 Å². The van der Waals surface area contributed by atoms with Gasteiger partial charge in [0.1, 0.15) is 11.9 Å². The highest BCUT2D eigenvalue weighted by molar-refractivity contribution is 6.32. The maximum atomic E-state index is 6.29. The lowest BCUT2D eigenvalue weighted by Crippen LogP contribution is -2.18. The third-order valence-electron chi connectivity index (χ3n) is 4.64. The Labute approximate surface area is 152 Å². The predicted octanol–water partition coefficient (Wildman–Crippen LogP) is 4.69. The molecule has 1 aliphatic heterocycles. The first-order chi connectivity index (χ1) is 12.2. The van der Waals surface area contributed by atoms with Gasteiger partial charge in [-0.05, 0) is 41.9 Å². The number of ether oxygens (including phenoxy) is 1. The minimum absolute atomic E-state index is 0.00162. The number of nitrogens with one attached hydrogen (secondary N) is 1. The fourth-order valence-electron chi connectivity index (χ4n) is 3.32. The number of H-pyrrole nitrogens is 1. The smallest absolute Gasteiger partial charge is 0.138 e. The highest BCUT2D eigenvalue weighted by Crippen LogP contribution is 2.35. The summed E-state index contributed by atoms with van der Waals surface area (Å²) in [5.41, 5.74) is 4.78. The Bertz CT molecular complexity index is 863. The first kappa shape index (κ1) is 16.2. The van der Waals surface area contributed by atoms with Crippen molar-refractivity contribution >= 4 is 11.6 Å². The zero-order valence-corrected chi connectivity index (χ0v) is 14.8. The number of hydrogen-bond acceptors (Lipinski definition) is 3. The van der Waals surface area contributed by atoms with E-state index < -0.39 is 0 Å². The van der Waals surface area contributed by atoms with Crippen molar-refractivity contribution in [2.24, 2.45) is 0 Å². The highest BCUT2D eigenvalue weighted by Gasteiger charge is 2.23. The molecule has 128 valence electrons. The summed E-state index contributed by atoms with van der Waals surface area (Å²) in [7, 11) is 2.15. The largest absolute Gasteiger partial charge is 0.484 e. The quantitative estimate of drug-likeness (QED) is 0.743. The van der Waals surface area contributed by atoms with Gasteiger partial charge in [-0.2, -0.15) is 5.10 Å². The van der Waals surface area contributed by atoms with Crippen LogP contribution < -0.4 is 4.74 Å². The molecule has 0 bridgehead atoms. The molecule has 0 saturated heterocycles. The van der Waals surface area contributed by atoms with Gasteiger partial charge in [-0.15, -0.1) is 0 Å². The van der Waals surface area contributed by atoms with Gasteiger partial charge in [-0.25, -0.2) is 0 Å². The Morgan fingerprint density at radius 3 is 2.88 bits per heavy atom. The second kappa shape index (κ2) is 6.90. The summed E-state index contributed by atoms with van der Waals surface area (Å²) in [6.45, 7) is 1.88. The van der Waals surface area contributed by atoms with Crippen LogP contribution in [0, 0.1) is 0 Å². The van der Waals surface area contributed by atoms with Crippen LogP contribution in [-0.4, -0.2) is 28.7 Å². The van der Waals surface area contributed by atoms with Crippen LogP contribution in [0.1, 0.15) is 23.7 Å². The number of nitrogens with zero attached hydrogens (tertiary/aromatic N) is 2. The molecule has 4 rings (SSSR count). The molecule has 0 saturated carbocycles. The number of fused-ring (bicyclic) bond motifs is 1. The molecule has 25 heavy (non-hydrogen) atoms. The molecule has 0 amide bonds. The Morgan fingerprint density at radius 1 is 1.20 bits per heavy atom. The molecule has 4 nitrogen and oxygen atoms in total. The van der Waals surface area contributed by atoms with E-state index in [0.29, 0.717) is 5.02 Å². The van der Waals surface area contributed by atoms with Gasteiger partial charge < -0.3 is 9.64 Å². The fraction of sp³-hybridized carbons (Fsp3) is 0.250. The van der Waals surface area contributed by atoms with Crippen LogP contribution >= 0.6 is 11.6 Å². The van der Waals surface area contributed by atoms with Crippen LogP contribution in [0.2, 0.25) is 5.02 Å². The van der Waals surface area contributed by atoms with E-state index in [1.807, 2.05) is 36.7 Å². The normalized spacial score (nSPS) is 17.8. The molecule has 2 aromatic carbocycles. The molecule has 0 fully saturated rings. The fourth-order valence-corrected chi connectivity index (χ4v) is 3.50. The molecule has 2 heterocycles. The molecule has 5 heteroatoms. The number of aromatic amines is 1. The summed E-state index contributed by atoms with van der Waals surface area (Å²) in [4.78, 5) is 2.33. The Kier molecular flexibility index (Phi) is 4.47. The summed E-state index contributed by atoms with van der Waals surface area (Å²) in [6.07, 6.45) is 4.69. The lowest BCUT2D eigenvalue weighted by Gasteiger charge is -2.20. The van der Waals surface area contributed by atoms with Gasteiger partial charge in [0, 0.05) is 31.3 Å². The minimum Gasteiger partial charge on any atom is -0.484 e. The second-order valence-electron chi connectivity index (χ2n) is 6.46. The molecule has 1 aromatic heterocycles. The van der Waals surface area contributed by atoms with Crippen molar-refractivity contribution in [2.45, 2.75) is 19.1 Å². The number of halogens is 1. The Balaban J connectivity index is 1.70. The van der Waals surface area contributed by atoms with Gasteiger partial charge in [0.05, 0.1) is 11.2 Å². The summed E-state index contributed by atoms with van der Waals surface area (Å²) < 4.78 is 6.29.